The molecule has 0 fully saturated rings. The number of hydrogen-bond acceptors (Lipinski definition) is 5. The SMILES string of the molecule is Cc1nc(NCCc2cc(N)cc(C(F)(F)F)c2)c2cc(-c3ccc(=O)n(C)c3)c3c(c2n1)CCC3. The minimum absolute atomic E-state index is 0.0762. The van der Waals surface area contributed by atoms with Gasteiger partial charge >= 0.3 is 6.18 Å². The molecule has 0 aliphatic heterocycles. The molecule has 1 aliphatic rings. The maximum atomic E-state index is 13.2. The predicted molar refractivity (Wildman–Crippen MR) is 135 cm³/mol. The molecule has 2 heterocycles. The Bertz CT molecular complexity index is 1540. The maximum absolute atomic E-state index is 13.2. The highest BCUT2D eigenvalue weighted by atomic mass is 19.4. The Labute approximate surface area is 206 Å². The van der Waals surface area contributed by atoms with Gasteiger partial charge in [0.25, 0.3) is 0 Å². The number of halogens is 3. The highest BCUT2D eigenvalue weighted by Crippen LogP contribution is 2.39. The van der Waals surface area contributed by atoms with Crippen molar-refractivity contribution in [2.75, 3.05) is 17.6 Å². The number of hydrogen-bond donors (Lipinski definition) is 2. The van der Waals surface area contributed by atoms with Crippen LogP contribution in [0.25, 0.3) is 22.0 Å². The molecule has 0 spiro atoms. The van der Waals surface area contributed by atoms with E-state index in [1.54, 1.807) is 23.7 Å². The molecular formula is C27H26F3N5O. The molecule has 2 aromatic heterocycles. The molecule has 0 bridgehead atoms. The van der Waals surface area contributed by atoms with E-state index >= 15 is 0 Å². The molecule has 36 heavy (non-hydrogen) atoms. The zero-order valence-corrected chi connectivity index (χ0v) is 20.0. The fraction of sp³-hybridized carbons (Fsp3) is 0.296. The molecule has 0 saturated heterocycles. The van der Waals surface area contributed by atoms with Crippen molar-refractivity contribution in [2.45, 2.75) is 38.8 Å². The van der Waals surface area contributed by atoms with E-state index in [0.717, 1.165) is 53.4 Å². The van der Waals surface area contributed by atoms with Crippen LogP contribution < -0.4 is 16.6 Å². The van der Waals surface area contributed by atoms with Crippen LogP contribution in [-0.2, 0) is 32.5 Å². The van der Waals surface area contributed by atoms with Crippen molar-refractivity contribution in [3.63, 3.8) is 0 Å². The first-order valence-electron chi connectivity index (χ1n) is 11.8. The highest BCUT2D eigenvalue weighted by molar-refractivity contribution is 5.97. The number of anilines is 2. The molecule has 4 aromatic rings. The lowest BCUT2D eigenvalue weighted by Crippen LogP contribution is -2.14. The minimum atomic E-state index is -4.45. The van der Waals surface area contributed by atoms with Crippen molar-refractivity contribution in [2.24, 2.45) is 7.05 Å². The van der Waals surface area contributed by atoms with Gasteiger partial charge in [0, 0.05) is 36.9 Å². The summed E-state index contributed by atoms with van der Waals surface area (Å²) in [5.74, 6) is 1.26. The largest absolute Gasteiger partial charge is 0.416 e. The van der Waals surface area contributed by atoms with Gasteiger partial charge in [0.2, 0.25) is 5.56 Å². The summed E-state index contributed by atoms with van der Waals surface area (Å²) in [6.07, 6.45) is 0.599. The highest BCUT2D eigenvalue weighted by Gasteiger charge is 2.31. The van der Waals surface area contributed by atoms with E-state index < -0.39 is 11.7 Å². The maximum Gasteiger partial charge on any atom is 0.416 e. The van der Waals surface area contributed by atoms with Crippen LogP contribution in [0.3, 0.4) is 0 Å². The molecule has 1 aliphatic carbocycles. The van der Waals surface area contributed by atoms with Gasteiger partial charge in [-0.05, 0) is 90.8 Å². The fourth-order valence-electron chi connectivity index (χ4n) is 4.98. The Kier molecular flexibility index (Phi) is 5.94. The van der Waals surface area contributed by atoms with Crippen molar-refractivity contribution < 1.29 is 13.2 Å². The second-order valence-corrected chi connectivity index (χ2v) is 9.26. The molecule has 9 heteroatoms. The number of fused-ring (bicyclic) bond motifs is 3. The average Bonchev–Trinajstić information content (AvgIpc) is 3.30. The lowest BCUT2D eigenvalue weighted by atomic mass is 9.95. The zero-order valence-electron chi connectivity index (χ0n) is 20.0. The van der Waals surface area contributed by atoms with E-state index in [4.69, 9.17) is 10.7 Å². The number of nitrogens with zero attached hydrogens (tertiary/aromatic N) is 3. The first-order chi connectivity index (χ1) is 17.1. The number of rotatable bonds is 5. The van der Waals surface area contributed by atoms with Gasteiger partial charge in [-0.1, -0.05) is 0 Å². The van der Waals surface area contributed by atoms with Crippen LogP contribution in [0, 0.1) is 6.92 Å². The molecule has 6 nitrogen and oxygen atoms in total. The van der Waals surface area contributed by atoms with Crippen molar-refractivity contribution in [1.82, 2.24) is 14.5 Å². The van der Waals surface area contributed by atoms with E-state index in [0.29, 0.717) is 30.2 Å². The van der Waals surface area contributed by atoms with Gasteiger partial charge < -0.3 is 15.6 Å². The predicted octanol–water partition coefficient (Wildman–Crippen LogP) is 5.05. The number of benzene rings is 2. The summed E-state index contributed by atoms with van der Waals surface area (Å²) in [5, 5.41) is 4.17. The molecular weight excluding hydrogens is 467 g/mol. The number of nitrogens with two attached hydrogens (primary N) is 1. The molecule has 3 N–H and O–H groups in total. The third-order valence-corrected chi connectivity index (χ3v) is 6.62. The minimum Gasteiger partial charge on any atom is -0.399 e. The third-order valence-electron chi connectivity index (χ3n) is 6.62. The lowest BCUT2D eigenvalue weighted by molar-refractivity contribution is -0.137. The molecule has 0 saturated carbocycles. The second kappa shape index (κ2) is 8.96. The molecule has 5 rings (SSSR count). The van der Waals surface area contributed by atoms with Gasteiger partial charge in [0.05, 0.1) is 11.1 Å². The summed E-state index contributed by atoms with van der Waals surface area (Å²) in [4.78, 5) is 21.3. The standard InChI is InChI=1S/C27H26F3N5O/c1-15-33-25-21-5-3-4-20(21)22(17-6-7-24(36)35(2)14-17)13-23(25)26(34-15)32-9-8-16-10-18(27(28,29)30)12-19(31)11-16/h6-7,10-14H,3-5,8-9,31H2,1-2H3,(H,32,33,34). The van der Waals surface area contributed by atoms with Crippen LogP contribution in [-0.4, -0.2) is 21.1 Å². The summed E-state index contributed by atoms with van der Waals surface area (Å²) in [6.45, 7) is 2.21. The quantitative estimate of drug-likeness (QED) is 0.380. The number of nitrogens with one attached hydrogen (secondary N) is 1. The molecule has 0 amide bonds. The second-order valence-electron chi connectivity index (χ2n) is 9.26. The Hall–Kier alpha value is -3.88. The van der Waals surface area contributed by atoms with Gasteiger partial charge in [-0.25, -0.2) is 9.97 Å². The lowest BCUT2D eigenvalue weighted by Gasteiger charge is -2.16. The number of aromatic nitrogens is 3. The smallest absolute Gasteiger partial charge is 0.399 e. The van der Waals surface area contributed by atoms with Gasteiger partial charge in [-0.15, -0.1) is 0 Å². The van der Waals surface area contributed by atoms with Crippen LogP contribution in [0.5, 0.6) is 0 Å². The number of pyridine rings is 1. The average molecular weight is 494 g/mol. The van der Waals surface area contributed by atoms with Crippen molar-refractivity contribution in [3.05, 3.63) is 81.0 Å². The Morgan fingerprint density at radius 1 is 1.08 bits per heavy atom. The van der Waals surface area contributed by atoms with Gasteiger partial charge in [-0.2, -0.15) is 13.2 Å². The van der Waals surface area contributed by atoms with Crippen LogP contribution in [0.2, 0.25) is 0 Å². The summed E-state index contributed by atoms with van der Waals surface area (Å²) in [6, 6.07) is 9.09. The Morgan fingerprint density at radius 2 is 1.86 bits per heavy atom. The van der Waals surface area contributed by atoms with Crippen LogP contribution >= 0.6 is 0 Å². The van der Waals surface area contributed by atoms with Crippen molar-refractivity contribution in [3.8, 4) is 11.1 Å². The first-order valence-corrected chi connectivity index (χ1v) is 11.8. The van der Waals surface area contributed by atoms with E-state index in [9.17, 15) is 18.0 Å². The zero-order chi connectivity index (χ0) is 25.6. The number of nitrogen functional groups attached to an aromatic ring is 1. The molecule has 2 aromatic carbocycles. The Balaban J connectivity index is 1.52. The van der Waals surface area contributed by atoms with E-state index in [-0.39, 0.29) is 11.2 Å². The third kappa shape index (κ3) is 4.53. The summed E-state index contributed by atoms with van der Waals surface area (Å²) in [5.41, 5.74) is 10.8. The van der Waals surface area contributed by atoms with E-state index in [2.05, 4.69) is 16.4 Å². The van der Waals surface area contributed by atoms with Gasteiger partial charge in [-0.3, -0.25) is 4.79 Å². The molecule has 0 unspecified atom stereocenters. The van der Waals surface area contributed by atoms with Crippen LogP contribution in [0.4, 0.5) is 24.7 Å². The summed E-state index contributed by atoms with van der Waals surface area (Å²) in [7, 11) is 1.73. The van der Waals surface area contributed by atoms with Crippen molar-refractivity contribution in [1.29, 1.82) is 0 Å². The Morgan fingerprint density at radius 3 is 2.61 bits per heavy atom. The van der Waals surface area contributed by atoms with Crippen LogP contribution in [0.15, 0.2) is 47.4 Å². The molecule has 0 radical (unpaired) electrons. The van der Waals surface area contributed by atoms with E-state index in [1.165, 1.54) is 11.1 Å². The van der Waals surface area contributed by atoms with Crippen molar-refractivity contribution >= 4 is 22.4 Å². The number of aryl methyl sites for hydroxylation is 3. The monoisotopic (exact) mass is 493 g/mol. The normalized spacial score (nSPS) is 13.2. The first kappa shape index (κ1) is 23.8. The number of alkyl halides is 3. The summed E-state index contributed by atoms with van der Waals surface area (Å²) < 4.78 is 41.1. The van der Waals surface area contributed by atoms with Gasteiger partial charge in [0.15, 0.2) is 0 Å². The van der Waals surface area contributed by atoms with Gasteiger partial charge in [0.1, 0.15) is 11.6 Å². The molecule has 0 atom stereocenters. The topological polar surface area (TPSA) is 85.8 Å². The van der Waals surface area contributed by atoms with E-state index in [1.807, 2.05) is 19.2 Å². The molecule has 186 valence electrons. The summed E-state index contributed by atoms with van der Waals surface area (Å²) >= 11 is 0. The van der Waals surface area contributed by atoms with Crippen LogP contribution in [0.1, 0.15) is 34.5 Å². The fourth-order valence-corrected chi connectivity index (χ4v) is 4.98.